The van der Waals surface area contributed by atoms with Crippen LogP contribution < -0.4 is 5.73 Å². The number of fused-ring (bicyclic) bond motifs is 1. The highest BCUT2D eigenvalue weighted by Crippen LogP contribution is 2.31. The van der Waals surface area contributed by atoms with Gasteiger partial charge in [-0.1, -0.05) is 24.6 Å². The van der Waals surface area contributed by atoms with Gasteiger partial charge in [-0.2, -0.15) is 0 Å². The zero-order chi connectivity index (χ0) is 15.0. The Hall–Kier alpha value is -2.00. The molecule has 0 unspecified atom stereocenters. The quantitative estimate of drug-likeness (QED) is 0.715. The number of aryl methyl sites for hydroxylation is 2. The molecule has 0 aliphatic heterocycles. The number of nitrogens with zero attached hydrogens (tertiary/aromatic N) is 2. The number of aromatic nitrogens is 2. The molecule has 0 aliphatic rings. The highest BCUT2D eigenvalue weighted by Gasteiger charge is 2.14. The summed E-state index contributed by atoms with van der Waals surface area (Å²) in [6, 6.07) is 11.9. The van der Waals surface area contributed by atoms with Gasteiger partial charge in [0.25, 0.3) is 0 Å². The van der Waals surface area contributed by atoms with Crippen LogP contribution in [0.25, 0.3) is 22.4 Å². The monoisotopic (exact) mass is 299 g/mol. The van der Waals surface area contributed by atoms with E-state index < -0.39 is 0 Å². The number of para-hydroxylation sites is 1. The molecule has 0 aliphatic carbocycles. The van der Waals surface area contributed by atoms with Crippen molar-refractivity contribution in [2.75, 3.05) is 5.73 Å². The molecule has 0 saturated carbocycles. The fraction of sp³-hybridized carbons (Fsp3) is 0.235. The van der Waals surface area contributed by atoms with Gasteiger partial charge in [0.05, 0.1) is 16.1 Å². The van der Waals surface area contributed by atoms with Crippen LogP contribution >= 0.6 is 11.6 Å². The van der Waals surface area contributed by atoms with Gasteiger partial charge in [0, 0.05) is 17.8 Å². The predicted molar refractivity (Wildman–Crippen MR) is 89.6 cm³/mol. The number of hydrogen-bond donors (Lipinski definition) is 1. The number of nitrogen functional groups attached to an aromatic ring is 1. The Balaban J connectivity index is 2.28. The third-order valence-corrected chi connectivity index (χ3v) is 4.00. The molecule has 2 N–H and O–H groups in total. The molecule has 4 heteroatoms. The molecular weight excluding hydrogens is 282 g/mol. The van der Waals surface area contributed by atoms with Crippen LogP contribution in [-0.4, -0.2) is 9.55 Å². The minimum atomic E-state index is 0.742. The molecule has 21 heavy (non-hydrogen) atoms. The predicted octanol–water partition coefficient (Wildman–Crippen LogP) is 4.66. The van der Waals surface area contributed by atoms with Gasteiger partial charge in [-0.05, 0) is 49.2 Å². The van der Waals surface area contributed by atoms with Gasteiger partial charge in [-0.25, -0.2) is 4.98 Å². The molecule has 0 amide bonds. The van der Waals surface area contributed by atoms with Gasteiger partial charge in [0.2, 0.25) is 0 Å². The maximum atomic E-state index is 6.37. The van der Waals surface area contributed by atoms with E-state index in [1.807, 2.05) is 37.3 Å². The van der Waals surface area contributed by atoms with Gasteiger partial charge in [0.15, 0.2) is 0 Å². The first-order chi connectivity index (χ1) is 10.1. The van der Waals surface area contributed by atoms with E-state index in [9.17, 15) is 0 Å². The first-order valence-electron chi connectivity index (χ1n) is 7.13. The standard InChI is InChI=1S/C17H18ClN3/c1-3-9-21-16-13(18)5-4-6-15(16)20-17(21)12-7-8-14(19)11(2)10-12/h4-8,10H,3,9,19H2,1-2H3. The Morgan fingerprint density at radius 1 is 1.24 bits per heavy atom. The van der Waals surface area contributed by atoms with Crippen LogP contribution in [0.1, 0.15) is 18.9 Å². The van der Waals surface area contributed by atoms with E-state index in [1.54, 1.807) is 0 Å². The van der Waals surface area contributed by atoms with E-state index in [1.165, 1.54) is 0 Å². The zero-order valence-electron chi connectivity index (χ0n) is 12.2. The van der Waals surface area contributed by atoms with Crippen LogP contribution in [0.4, 0.5) is 5.69 Å². The summed E-state index contributed by atoms with van der Waals surface area (Å²) in [6.45, 7) is 5.05. The lowest BCUT2D eigenvalue weighted by atomic mass is 10.1. The van der Waals surface area contributed by atoms with E-state index in [-0.39, 0.29) is 0 Å². The smallest absolute Gasteiger partial charge is 0.141 e. The summed E-state index contributed by atoms with van der Waals surface area (Å²) in [7, 11) is 0. The number of imidazole rings is 1. The molecule has 0 atom stereocenters. The van der Waals surface area contributed by atoms with Crippen LogP contribution in [0, 0.1) is 6.92 Å². The minimum absolute atomic E-state index is 0.742. The summed E-state index contributed by atoms with van der Waals surface area (Å²) < 4.78 is 2.20. The van der Waals surface area contributed by atoms with Crippen molar-refractivity contribution in [3.63, 3.8) is 0 Å². The van der Waals surface area contributed by atoms with Crippen molar-refractivity contribution >= 4 is 28.3 Å². The van der Waals surface area contributed by atoms with Crippen molar-refractivity contribution in [1.82, 2.24) is 9.55 Å². The summed E-state index contributed by atoms with van der Waals surface area (Å²) in [5.41, 5.74) is 10.8. The van der Waals surface area contributed by atoms with Crippen LogP contribution in [0.15, 0.2) is 36.4 Å². The number of halogens is 1. The number of benzene rings is 2. The molecule has 0 fully saturated rings. The fourth-order valence-electron chi connectivity index (χ4n) is 2.62. The SMILES string of the molecule is CCCn1c(-c2ccc(N)c(C)c2)nc2cccc(Cl)c21. The van der Waals surface area contributed by atoms with E-state index in [2.05, 4.69) is 17.6 Å². The Labute approximate surface area is 129 Å². The lowest BCUT2D eigenvalue weighted by Gasteiger charge is -2.10. The lowest BCUT2D eigenvalue weighted by molar-refractivity contribution is 0.704. The molecule has 108 valence electrons. The Morgan fingerprint density at radius 3 is 2.76 bits per heavy atom. The lowest BCUT2D eigenvalue weighted by Crippen LogP contribution is -2.00. The highest BCUT2D eigenvalue weighted by atomic mass is 35.5. The molecule has 0 radical (unpaired) electrons. The van der Waals surface area contributed by atoms with Gasteiger partial charge >= 0.3 is 0 Å². The summed E-state index contributed by atoms with van der Waals surface area (Å²) in [5.74, 6) is 0.947. The van der Waals surface area contributed by atoms with Crippen molar-refractivity contribution in [1.29, 1.82) is 0 Å². The fourth-order valence-corrected chi connectivity index (χ4v) is 2.89. The van der Waals surface area contributed by atoms with Crippen LogP contribution in [0.5, 0.6) is 0 Å². The number of rotatable bonds is 3. The first-order valence-corrected chi connectivity index (χ1v) is 7.51. The third-order valence-electron chi connectivity index (χ3n) is 3.69. The molecule has 2 aromatic carbocycles. The highest BCUT2D eigenvalue weighted by molar-refractivity contribution is 6.35. The van der Waals surface area contributed by atoms with E-state index in [0.717, 1.165) is 51.7 Å². The maximum absolute atomic E-state index is 6.37. The molecule has 0 bridgehead atoms. The van der Waals surface area contributed by atoms with Gasteiger partial charge < -0.3 is 10.3 Å². The maximum Gasteiger partial charge on any atom is 0.141 e. The molecule has 3 nitrogen and oxygen atoms in total. The second-order valence-electron chi connectivity index (χ2n) is 5.27. The summed E-state index contributed by atoms with van der Waals surface area (Å²) in [5, 5.41) is 0.742. The average Bonchev–Trinajstić information content (AvgIpc) is 2.83. The van der Waals surface area contributed by atoms with Gasteiger partial charge in [-0.3, -0.25) is 0 Å². The zero-order valence-corrected chi connectivity index (χ0v) is 13.0. The number of nitrogens with two attached hydrogens (primary N) is 1. The van der Waals surface area contributed by atoms with Crippen molar-refractivity contribution in [3.05, 3.63) is 47.0 Å². The van der Waals surface area contributed by atoms with E-state index >= 15 is 0 Å². The summed E-state index contributed by atoms with van der Waals surface area (Å²) in [6.07, 6.45) is 1.03. The first kappa shape index (κ1) is 14.0. The second kappa shape index (κ2) is 5.41. The Kier molecular flexibility index (Phi) is 3.60. The van der Waals surface area contributed by atoms with Crippen molar-refractivity contribution < 1.29 is 0 Å². The normalized spacial score (nSPS) is 11.2. The summed E-state index contributed by atoms with van der Waals surface area (Å²) >= 11 is 6.37. The topological polar surface area (TPSA) is 43.8 Å². The molecule has 3 aromatic rings. The molecule has 0 saturated heterocycles. The Morgan fingerprint density at radius 2 is 2.05 bits per heavy atom. The van der Waals surface area contributed by atoms with Crippen LogP contribution in [0.3, 0.4) is 0 Å². The summed E-state index contributed by atoms with van der Waals surface area (Å²) in [4.78, 5) is 4.77. The minimum Gasteiger partial charge on any atom is -0.399 e. The number of hydrogen-bond acceptors (Lipinski definition) is 2. The third kappa shape index (κ3) is 2.38. The number of anilines is 1. The molecule has 1 heterocycles. The Bertz CT molecular complexity index is 805. The van der Waals surface area contributed by atoms with Crippen LogP contribution in [-0.2, 0) is 6.54 Å². The largest absolute Gasteiger partial charge is 0.399 e. The van der Waals surface area contributed by atoms with Crippen molar-refractivity contribution in [2.45, 2.75) is 26.8 Å². The molecule has 3 rings (SSSR count). The van der Waals surface area contributed by atoms with Gasteiger partial charge in [-0.15, -0.1) is 0 Å². The van der Waals surface area contributed by atoms with Gasteiger partial charge in [0.1, 0.15) is 5.82 Å². The molecule has 0 spiro atoms. The molecular formula is C17H18ClN3. The average molecular weight is 300 g/mol. The van der Waals surface area contributed by atoms with Crippen molar-refractivity contribution in [3.8, 4) is 11.4 Å². The molecule has 1 aromatic heterocycles. The van der Waals surface area contributed by atoms with Crippen LogP contribution in [0.2, 0.25) is 5.02 Å². The second-order valence-corrected chi connectivity index (χ2v) is 5.67. The van der Waals surface area contributed by atoms with E-state index in [4.69, 9.17) is 22.3 Å². The van der Waals surface area contributed by atoms with Crippen molar-refractivity contribution in [2.24, 2.45) is 0 Å². The van der Waals surface area contributed by atoms with E-state index in [0.29, 0.717) is 0 Å².